The Morgan fingerprint density at radius 3 is 2.74 bits per heavy atom. The van der Waals surface area contributed by atoms with E-state index in [1.807, 2.05) is 0 Å². The molecule has 3 rings (SSSR count). The van der Waals surface area contributed by atoms with Crippen LogP contribution in [-0.4, -0.2) is 10.8 Å². The van der Waals surface area contributed by atoms with Crippen LogP contribution in [0, 0.1) is 5.82 Å². The summed E-state index contributed by atoms with van der Waals surface area (Å²) in [7, 11) is 0. The van der Waals surface area contributed by atoms with Crippen molar-refractivity contribution in [2.75, 3.05) is 0 Å². The topological polar surface area (TPSA) is 52.3 Å². The van der Waals surface area contributed by atoms with E-state index in [-0.39, 0.29) is 18.2 Å². The van der Waals surface area contributed by atoms with Crippen LogP contribution >= 0.6 is 0 Å². The average molecular weight is 311 g/mol. The fourth-order valence-electron chi connectivity index (χ4n) is 2.06. The zero-order valence-electron chi connectivity index (χ0n) is 12.5. The molecule has 1 aromatic heterocycles. The minimum atomic E-state index is -0.311. The zero-order valence-corrected chi connectivity index (χ0v) is 12.5. The average Bonchev–Trinajstić information content (AvgIpc) is 3.03. The van der Waals surface area contributed by atoms with Crippen molar-refractivity contribution in [3.05, 3.63) is 71.9 Å². The van der Waals surface area contributed by atoms with E-state index < -0.39 is 0 Å². The lowest BCUT2D eigenvalue weighted by atomic mass is 10.1. The van der Waals surface area contributed by atoms with E-state index in [4.69, 9.17) is 9.15 Å². The van der Waals surface area contributed by atoms with Gasteiger partial charge < -0.3 is 9.15 Å². The third-order valence-corrected chi connectivity index (χ3v) is 3.27. The Morgan fingerprint density at radius 2 is 2.00 bits per heavy atom. The summed E-state index contributed by atoms with van der Waals surface area (Å²) in [5.41, 5.74) is 1.89. The monoisotopic (exact) mass is 311 g/mol. The Labute approximate surface area is 132 Å². The molecule has 0 aliphatic heterocycles. The predicted octanol–water partition coefficient (Wildman–Crippen LogP) is 4.26. The van der Waals surface area contributed by atoms with E-state index in [0.717, 1.165) is 0 Å². The van der Waals surface area contributed by atoms with Gasteiger partial charge in [-0.3, -0.25) is 4.79 Å². The molecule has 0 aliphatic carbocycles. The first-order valence-corrected chi connectivity index (χ1v) is 7.06. The maximum Gasteiger partial charge on any atom is 0.226 e. The van der Waals surface area contributed by atoms with Crippen LogP contribution in [0.25, 0.3) is 11.5 Å². The molecular weight excluding hydrogens is 297 g/mol. The van der Waals surface area contributed by atoms with Crippen molar-refractivity contribution < 1.29 is 18.3 Å². The van der Waals surface area contributed by atoms with Gasteiger partial charge in [0.15, 0.2) is 5.78 Å². The molecule has 0 amide bonds. The minimum Gasteiger partial charge on any atom is -0.487 e. The van der Waals surface area contributed by atoms with Crippen molar-refractivity contribution in [2.45, 2.75) is 13.5 Å². The Bertz CT molecular complexity index is 824. The summed E-state index contributed by atoms with van der Waals surface area (Å²) < 4.78 is 23.9. The maximum absolute atomic E-state index is 12.9. The number of hydrogen-bond donors (Lipinski definition) is 0. The number of benzene rings is 2. The van der Waals surface area contributed by atoms with Crippen LogP contribution in [0.2, 0.25) is 0 Å². The lowest BCUT2D eigenvalue weighted by Gasteiger charge is -2.04. The molecule has 0 atom stereocenters. The summed E-state index contributed by atoms with van der Waals surface area (Å²) in [6.07, 6.45) is 1.49. The summed E-state index contributed by atoms with van der Waals surface area (Å²) in [5.74, 6) is 0.662. The molecule has 23 heavy (non-hydrogen) atoms. The molecule has 0 N–H and O–H groups in total. The molecule has 0 saturated carbocycles. The number of ketones is 1. The lowest BCUT2D eigenvalue weighted by Crippen LogP contribution is -1.98. The molecule has 116 valence electrons. The van der Waals surface area contributed by atoms with Crippen molar-refractivity contribution in [1.29, 1.82) is 0 Å². The summed E-state index contributed by atoms with van der Waals surface area (Å²) in [4.78, 5) is 15.6. The van der Waals surface area contributed by atoms with Crippen LogP contribution in [-0.2, 0) is 6.61 Å². The van der Waals surface area contributed by atoms with E-state index >= 15 is 0 Å². The van der Waals surface area contributed by atoms with Crippen LogP contribution in [0.3, 0.4) is 0 Å². The van der Waals surface area contributed by atoms with Gasteiger partial charge in [-0.05, 0) is 43.3 Å². The third-order valence-electron chi connectivity index (χ3n) is 3.27. The van der Waals surface area contributed by atoms with E-state index in [0.29, 0.717) is 28.5 Å². The van der Waals surface area contributed by atoms with Gasteiger partial charge in [0.2, 0.25) is 5.89 Å². The maximum atomic E-state index is 12.9. The van der Waals surface area contributed by atoms with Crippen LogP contribution < -0.4 is 4.74 Å². The number of oxazole rings is 1. The molecule has 4 nitrogen and oxygen atoms in total. The van der Waals surface area contributed by atoms with Crippen molar-refractivity contribution in [3.63, 3.8) is 0 Å². The van der Waals surface area contributed by atoms with Gasteiger partial charge >= 0.3 is 0 Å². The summed E-state index contributed by atoms with van der Waals surface area (Å²) in [6, 6.07) is 12.9. The molecular formula is C18H14FNO3. The minimum absolute atomic E-state index is 0.0181. The van der Waals surface area contributed by atoms with Gasteiger partial charge in [-0.1, -0.05) is 12.1 Å². The highest BCUT2D eigenvalue weighted by molar-refractivity contribution is 5.94. The first-order chi connectivity index (χ1) is 11.1. The van der Waals surface area contributed by atoms with Gasteiger partial charge in [-0.15, -0.1) is 0 Å². The van der Waals surface area contributed by atoms with Gasteiger partial charge in [0.1, 0.15) is 30.1 Å². The number of halogens is 1. The number of carbonyl (C=O) groups excluding carboxylic acids is 1. The summed E-state index contributed by atoms with van der Waals surface area (Å²) >= 11 is 0. The van der Waals surface area contributed by atoms with Crippen LogP contribution in [0.4, 0.5) is 4.39 Å². The molecule has 0 unspecified atom stereocenters. The van der Waals surface area contributed by atoms with Gasteiger partial charge in [-0.25, -0.2) is 9.37 Å². The van der Waals surface area contributed by atoms with Crippen molar-refractivity contribution in [2.24, 2.45) is 0 Å². The number of carbonyl (C=O) groups is 1. The summed E-state index contributed by atoms with van der Waals surface area (Å²) in [5, 5.41) is 0. The molecule has 2 aromatic carbocycles. The number of ether oxygens (including phenoxy) is 1. The molecule has 0 bridgehead atoms. The molecule has 0 radical (unpaired) electrons. The fraction of sp³-hybridized carbons (Fsp3) is 0.111. The van der Waals surface area contributed by atoms with Crippen molar-refractivity contribution in [1.82, 2.24) is 4.98 Å². The van der Waals surface area contributed by atoms with Gasteiger partial charge in [0.25, 0.3) is 0 Å². The fourth-order valence-corrected chi connectivity index (χ4v) is 2.06. The Morgan fingerprint density at radius 1 is 1.22 bits per heavy atom. The normalized spacial score (nSPS) is 10.5. The Balaban J connectivity index is 1.69. The third kappa shape index (κ3) is 3.63. The predicted molar refractivity (Wildman–Crippen MR) is 82.7 cm³/mol. The van der Waals surface area contributed by atoms with E-state index in [1.54, 1.807) is 36.4 Å². The standard InChI is InChI=1S/C18H14FNO3/c1-12(21)14-3-2-4-17(9-14)22-10-16-11-23-18(20-16)13-5-7-15(19)8-6-13/h2-9,11H,10H2,1H3. The molecule has 5 heteroatoms. The smallest absolute Gasteiger partial charge is 0.226 e. The first-order valence-electron chi connectivity index (χ1n) is 7.06. The molecule has 0 aliphatic rings. The molecule has 0 spiro atoms. The Hall–Kier alpha value is -2.95. The number of hydrogen-bond acceptors (Lipinski definition) is 4. The quantitative estimate of drug-likeness (QED) is 0.661. The highest BCUT2D eigenvalue weighted by Gasteiger charge is 2.08. The van der Waals surface area contributed by atoms with Crippen LogP contribution in [0.5, 0.6) is 5.75 Å². The van der Waals surface area contributed by atoms with Crippen molar-refractivity contribution >= 4 is 5.78 Å². The SMILES string of the molecule is CC(=O)c1cccc(OCc2coc(-c3ccc(F)cc3)n2)c1. The first kappa shape index (κ1) is 15.0. The Kier molecular flexibility index (Phi) is 4.19. The highest BCUT2D eigenvalue weighted by Crippen LogP contribution is 2.20. The van der Waals surface area contributed by atoms with Gasteiger partial charge in [0, 0.05) is 11.1 Å². The largest absolute Gasteiger partial charge is 0.487 e. The molecule has 0 fully saturated rings. The van der Waals surface area contributed by atoms with E-state index in [1.165, 1.54) is 25.3 Å². The summed E-state index contributed by atoms with van der Waals surface area (Å²) in [6.45, 7) is 1.72. The highest BCUT2D eigenvalue weighted by atomic mass is 19.1. The lowest BCUT2D eigenvalue weighted by molar-refractivity contribution is 0.101. The van der Waals surface area contributed by atoms with Crippen LogP contribution in [0.15, 0.2) is 59.2 Å². The van der Waals surface area contributed by atoms with Crippen LogP contribution in [0.1, 0.15) is 23.0 Å². The van der Waals surface area contributed by atoms with Gasteiger partial charge in [-0.2, -0.15) is 0 Å². The zero-order chi connectivity index (χ0) is 16.2. The van der Waals surface area contributed by atoms with Crippen molar-refractivity contribution in [3.8, 4) is 17.2 Å². The second-order valence-electron chi connectivity index (χ2n) is 5.02. The number of Topliss-reactive ketones (excluding diaryl/α,β-unsaturated/α-hetero) is 1. The van der Waals surface area contributed by atoms with Gasteiger partial charge in [0.05, 0.1) is 0 Å². The number of aromatic nitrogens is 1. The number of nitrogens with zero attached hydrogens (tertiary/aromatic N) is 1. The second-order valence-corrected chi connectivity index (χ2v) is 5.02. The molecule has 3 aromatic rings. The molecule has 0 saturated heterocycles. The van der Waals surface area contributed by atoms with E-state index in [9.17, 15) is 9.18 Å². The number of rotatable bonds is 5. The molecule has 1 heterocycles. The second kappa shape index (κ2) is 6.44. The van der Waals surface area contributed by atoms with E-state index in [2.05, 4.69) is 4.98 Å².